The number of hydrogen-bond acceptors (Lipinski definition) is 4. The summed E-state index contributed by atoms with van der Waals surface area (Å²) in [4.78, 5) is 6.36. The molecule has 1 fully saturated rings. The van der Waals surface area contributed by atoms with Crippen LogP contribution in [-0.4, -0.2) is 31.2 Å². The van der Waals surface area contributed by atoms with Crippen LogP contribution in [0, 0.1) is 0 Å². The van der Waals surface area contributed by atoms with Crippen molar-refractivity contribution in [1.29, 1.82) is 0 Å². The average molecular weight is 287 g/mol. The number of piperazine rings is 1. The molecule has 0 saturated carbocycles. The first-order valence-electron chi connectivity index (χ1n) is 5.98. The molecule has 0 radical (unpaired) electrons. The Kier molecular flexibility index (Phi) is 3.10. The molecule has 1 saturated heterocycles. The van der Waals surface area contributed by atoms with E-state index in [4.69, 9.17) is 0 Å². The van der Waals surface area contributed by atoms with Crippen LogP contribution in [0.5, 0.6) is 0 Å². The maximum Gasteiger partial charge on any atom is 0.417 e. The molecule has 0 unspecified atom stereocenters. The second kappa shape index (κ2) is 4.64. The van der Waals surface area contributed by atoms with Crippen LogP contribution in [0.3, 0.4) is 0 Å². The van der Waals surface area contributed by atoms with Crippen molar-refractivity contribution < 1.29 is 13.2 Å². The van der Waals surface area contributed by atoms with Gasteiger partial charge in [-0.2, -0.15) is 13.2 Å². The normalized spacial score (nSPS) is 17.1. The minimum Gasteiger partial charge on any atom is -0.346 e. The second-order valence-electron chi connectivity index (χ2n) is 4.39. The Morgan fingerprint density at radius 3 is 2.63 bits per heavy atom. The van der Waals surface area contributed by atoms with Gasteiger partial charge in [0.2, 0.25) is 0 Å². The summed E-state index contributed by atoms with van der Waals surface area (Å²) in [5.74, 6) is 0. The van der Waals surface area contributed by atoms with Crippen molar-refractivity contribution in [3.63, 3.8) is 0 Å². The molecule has 3 rings (SSSR count). The predicted molar refractivity (Wildman–Crippen MR) is 69.7 cm³/mol. The molecule has 7 heteroatoms. The third kappa shape index (κ3) is 2.40. The highest BCUT2D eigenvalue weighted by molar-refractivity contribution is 7.22. The molecule has 102 valence electrons. The van der Waals surface area contributed by atoms with Crippen LogP contribution in [0.25, 0.3) is 10.2 Å². The van der Waals surface area contributed by atoms with Gasteiger partial charge < -0.3 is 10.2 Å². The van der Waals surface area contributed by atoms with Crippen LogP contribution in [0.2, 0.25) is 0 Å². The number of benzene rings is 1. The lowest BCUT2D eigenvalue weighted by molar-refractivity contribution is -0.136. The summed E-state index contributed by atoms with van der Waals surface area (Å²) in [6.45, 7) is 3.23. The highest BCUT2D eigenvalue weighted by Gasteiger charge is 2.33. The molecule has 0 aliphatic carbocycles. The van der Waals surface area contributed by atoms with E-state index in [-0.39, 0.29) is 4.70 Å². The van der Waals surface area contributed by atoms with E-state index in [0.29, 0.717) is 10.6 Å². The fraction of sp³-hybridized carbons (Fsp3) is 0.417. The Hall–Kier alpha value is -1.34. The molecule has 0 spiro atoms. The number of aromatic nitrogens is 1. The Bertz CT molecular complexity index is 587. The van der Waals surface area contributed by atoms with Gasteiger partial charge in [0.15, 0.2) is 5.13 Å². The van der Waals surface area contributed by atoms with E-state index < -0.39 is 11.7 Å². The van der Waals surface area contributed by atoms with E-state index in [1.807, 2.05) is 4.90 Å². The van der Waals surface area contributed by atoms with Crippen molar-refractivity contribution in [3.8, 4) is 0 Å². The summed E-state index contributed by atoms with van der Waals surface area (Å²) < 4.78 is 39.0. The molecule has 0 atom stereocenters. The lowest BCUT2D eigenvalue weighted by atomic mass is 10.2. The van der Waals surface area contributed by atoms with Crippen LogP contribution >= 0.6 is 11.3 Å². The van der Waals surface area contributed by atoms with Crippen LogP contribution in [0.15, 0.2) is 18.2 Å². The smallest absolute Gasteiger partial charge is 0.346 e. The van der Waals surface area contributed by atoms with Crippen LogP contribution in [0.1, 0.15) is 5.56 Å². The maximum absolute atomic E-state index is 12.9. The SMILES string of the molecule is FC(F)(F)c1cccc2nc(N3CCNCC3)sc12. The number of halogens is 3. The first-order chi connectivity index (χ1) is 9.05. The van der Waals surface area contributed by atoms with Crippen LogP contribution in [0.4, 0.5) is 18.3 Å². The number of alkyl halides is 3. The maximum atomic E-state index is 12.9. The van der Waals surface area contributed by atoms with Gasteiger partial charge in [-0.15, -0.1) is 0 Å². The van der Waals surface area contributed by atoms with E-state index >= 15 is 0 Å². The number of nitrogens with zero attached hydrogens (tertiary/aromatic N) is 2. The summed E-state index contributed by atoms with van der Waals surface area (Å²) >= 11 is 1.12. The Morgan fingerprint density at radius 2 is 1.95 bits per heavy atom. The van der Waals surface area contributed by atoms with Crippen molar-refractivity contribution in [3.05, 3.63) is 23.8 Å². The van der Waals surface area contributed by atoms with Gasteiger partial charge in [-0.1, -0.05) is 17.4 Å². The molecule has 2 aromatic rings. The zero-order valence-electron chi connectivity index (χ0n) is 10.00. The van der Waals surface area contributed by atoms with Gasteiger partial charge in [0.25, 0.3) is 0 Å². The quantitative estimate of drug-likeness (QED) is 0.874. The van der Waals surface area contributed by atoms with Crippen LogP contribution < -0.4 is 10.2 Å². The first-order valence-corrected chi connectivity index (χ1v) is 6.80. The molecule has 19 heavy (non-hydrogen) atoms. The molecule has 3 nitrogen and oxygen atoms in total. The van der Waals surface area contributed by atoms with Gasteiger partial charge in [0, 0.05) is 26.2 Å². The molecule has 1 aliphatic heterocycles. The average Bonchev–Trinajstić information content (AvgIpc) is 2.82. The molecule has 0 bridgehead atoms. The number of thiazole rings is 1. The minimum absolute atomic E-state index is 0.225. The fourth-order valence-electron chi connectivity index (χ4n) is 2.15. The van der Waals surface area contributed by atoms with Gasteiger partial charge in [0.1, 0.15) is 0 Å². The number of fused-ring (bicyclic) bond motifs is 1. The molecule has 2 heterocycles. The number of nitrogens with one attached hydrogen (secondary N) is 1. The molecule has 1 aliphatic rings. The second-order valence-corrected chi connectivity index (χ2v) is 5.36. The third-order valence-corrected chi connectivity index (χ3v) is 4.26. The topological polar surface area (TPSA) is 28.2 Å². The molecule has 1 aromatic heterocycles. The molecular weight excluding hydrogens is 275 g/mol. The summed E-state index contributed by atoms with van der Waals surface area (Å²) in [6.07, 6.45) is -4.33. The Morgan fingerprint density at radius 1 is 1.21 bits per heavy atom. The Balaban J connectivity index is 2.05. The monoisotopic (exact) mass is 287 g/mol. The van der Waals surface area contributed by atoms with Gasteiger partial charge in [-0.25, -0.2) is 4.98 Å². The number of rotatable bonds is 1. The van der Waals surface area contributed by atoms with Gasteiger partial charge >= 0.3 is 6.18 Å². The summed E-state index contributed by atoms with van der Waals surface area (Å²) in [7, 11) is 0. The fourth-order valence-corrected chi connectivity index (χ4v) is 3.30. The lowest BCUT2D eigenvalue weighted by Crippen LogP contribution is -2.43. The molecule has 0 amide bonds. The highest BCUT2D eigenvalue weighted by Crippen LogP contribution is 2.39. The first kappa shape index (κ1) is 12.7. The number of hydrogen-bond donors (Lipinski definition) is 1. The standard InChI is InChI=1S/C12H12F3N3S/c13-12(14,15)8-2-1-3-9-10(8)19-11(17-9)18-6-4-16-5-7-18/h1-3,16H,4-7H2. The summed E-state index contributed by atoms with van der Waals surface area (Å²) in [6, 6.07) is 4.15. The molecule has 1 N–H and O–H groups in total. The van der Waals surface area contributed by atoms with Gasteiger partial charge in [-0.05, 0) is 12.1 Å². The molecule has 1 aromatic carbocycles. The lowest BCUT2D eigenvalue weighted by Gasteiger charge is -2.26. The predicted octanol–water partition coefficient (Wildman–Crippen LogP) is 2.72. The van der Waals surface area contributed by atoms with E-state index in [2.05, 4.69) is 10.3 Å². The highest BCUT2D eigenvalue weighted by atomic mass is 32.1. The minimum atomic E-state index is -4.33. The van der Waals surface area contributed by atoms with Crippen molar-refractivity contribution in [2.75, 3.05) is 31.1 Å². The van der Waals surface area contributed by atoms with E-state index in [1.165, 1.54) is 6.07 Å². The largest absolute Gasteiger partial charge is 0.417 e. The molecular formula is C12H12F3N3S. The zero-order valence-corrected chi connectivity index (χ0v) is 10.8. The van der Waals surface area contributed by atoms with E-state index in [1.54, 1.807) is 6.07 Å². The van der Waals surface area contributed by atoms with Gasteiger partial charge in [-0.3, -0.25) is 0 Å². The van der Waals surface area contributed by atoms with Crippen molar-refractivity contribution in [2.45, 2.75) is 6.18 Å². The number of anilines is 1. The van der Waals surface area contributed by atoms with E-state index in [0.717, 1.165) is 43.6 Å². The van der Waals surface area contributed by atoms with Crippen molar-refractivity contribution in [1.82, 2.24) is 10.3 Å². The van der Waals surface area contributed by atoms with Crippen LogP contribution in [-0.2, 0) is 6.18 Å². The summed E-state index contributed by atoms with van der Waals surface area (Å²) in [5, 5.41) is 3.88. The summed E-state index contributed by atoms with van der Waals surface area (Å²) in [5.41, 5.74) is -0.169. The van der Waals surface area contributed by atoms with Crippen molar-refractivity contribution in [2.24, 2.45) is 0 Å². The van der Waals surface area contributed by atoms with Gasteiger partial charge in [0.05, 0.1) is 15.8 Å². The van der Waals surface area contributed by atoms with Crippen molar-refractivity contribution >= 4 is 26.7 Å². The van der Waals surface area contributed by atoms with E-state index in [9.17, 15) is 13.2 Å². The third-order valence-electron chi connectivity index (χ3n) is 3.10. The Labute approximate surface area is 112 Å². The zero-order chi connectivity index (χ0) is 13.5.